The molecule has 2 aliphatic heterocycles. The van der Waals surface area contributed by atoms with Crippen molar-refractivity contribution in [3.8, 4) is 5.75 Å². The molecule has 2 aliphatic rings. The zero-order valence-corrected chi connectivity index (χ0v) is 18.7. The Bertz CT molecular complexity index is 920. The monoisotopic (exact) mass is 442 g/mol. The fraction of sp³-hybridized carbons (Fsp3) is 0.500. The summed E-state index contributed by atoms with van der Waals surface area (Å²) in [7, 11) is 0. The molecule has 172 valence electrons. The van der Waals surface area contributed by atoms with E-state index >= 15 is 0 Å². The number of halogens is 2. The second-order valence-electron chi connectivity index (χ2n) is 8.98. The molecule has 0 aromatic heterocycles. The Labute approximate surface area is 189 Å². The molecule has 0 saturated carbocycles. The van der Waals surface area contributed by atoms with Crippen molar-refractivity contribution in [1.29, 1.82) is 0 Å². The maximum Gasteiger partial charge on any atom is 0.222 e. The van der Waals surface area contributed by atoms with Crippen LogP contribution in [0.2, 0.25) is 0 Å². The van der Waals surface area contributed by atoms with E-state index in [0.29, 0.717) is 30.2 Å². The number of hydrogen-bond donors (Lipinski definition) is 0. The van der Waals surface area contributed by atoms with Gasteiger partial charge in [0.05, 0.1) is 0 Å². The van der Waals surface area contributed by atoms with Crippen LogP contribution in [0.3, 0.4) is 0 Å². The second kappa shape index (κ2) is 10.4. The number of nitrogens with zero attached hydrogens (tertiary/aromatic N) is 2. The molecule has 1 amide bonds. The number of ether oxygens (including phenoxy) is 1. The number of carbonyl (C=O) groups excluding carboxylic acids is 1. The first-order valence-electron chi connectivity index (χ1n) is 11.7. The quantitative estimate of drug-likeness (QED) is 0.648. The van der Waals surface area contributed by atoms with Gasteiger partial charge in [0, 0.05) is 38.6 Å². The average Bonchev–Trinajstić information content (AvgIpc) is 2.82. The Morgan fingerprint density at radius 1 is 0.969 bits per heavy atom. The van der Waals surface area contributed by atoms with E-state index in [1.807, 2.05) is 11.0 Å². The summed E-state index contributed by atoms with van der Waals surface area (Å²) in [5, 5.41) is 0. The maximum atomic E-state index is 13.8. The highest BCUT2D eigenvalue weighted by molar-refractivity contribution is 5.76. The van der Waals surface area contributed by atoms with Crippen molar-refractivity contribution in [3.63, 3.8) is 0 Å². The molecule has 0 aliphatic carbocycles. The van der Waals surface area contributed by atoms with Gasteiger partial charge >= 0.3 is 0 Å². The van der Waals surface area contributed by atoms with E-state index in [-0.39, 0.29) is 23.6 Å². The van der Waals surface area contributed by atoms with Gasteiger partial charge in [-0.1, -0.05) is 24.3 Å². The summed E-state index contributed by atoms with van der Waals surface area (Å²) in [5.74, 6) is -0.0223. The van der Waals surface area contributed by atoms with Crippen molar-refractivity contribution in [2.75, 3.05) is 26.2 Å². The van der Waals surface area contributed by atoms with Gasteiger partial charge in [0.1, 0.15) is 11.9 Å². The standard InChI is InChI=1S/C26H32F2N2O2/c1-19-6-7-20(18-24(19)28)8-9-26(31)30-14-10-21(11-15-30)29-16-12-22(13-17-29)32-25-5-3-2-4-23(25)27/h2-7,18,21-22H,8-17H2,1H3. The Morgan fingerprint density at radius 3 is 2.38 bits per heavy atom. The number of piperidine rings is 2. The minimum absolute atomic E-state index is 0.0522. The molecule has 0 atom stereocenters. The molecule has 4 rings (SSSR count). The Hall–Kier alpha value is -2.47. The topological polar surface area (TPSA) is 32.8 Å². The summed E-state index contributed by atoms with van der Waals surface area (Å²) in [6.07, 6.45) is 4.78. The van der Waals surface area contributed by atoms with Gasteiger partial charge in [0.2, 0.25) is 5.91 Å². The van der Waals surface area contributed by atoms with E-state index in [9.17, 15) is 13.6 Å². The van der Waals surface area contributed by atoms with Crippen LogP contribution in [0.15, 0.2) is 42.5 Å². The fourth-order valence-electron chi connectivity index (χ4n) is 4.76. The van der Waals surface area contributed by atoms with Gasteiger partial charge < -0.3 is 9.64 Å². The molecule has 2 fully saturated rings. The first-order chi connectivity index (χ1) is 15.5. The molecular weight excluding hydrogens is 410 g/mol. The first kappa shape index (κ1) is 22.7. The van der Waals surface area contributed by atoms with Crippen LogP contribution in [0.5, 0.6) is 5.75 Å². The molecule has 0 bridgehead atoms. The second-order valence-corrected chi connectivity index (χ2v) is 8.98. The molecule has 2 aromatic rings. The molecular formula is C26H32F2N2O2. The van der Waals surface area contributed by atoms with Crippen LogP contribution in [0.1, 0.15) is 43.2 Å². The third kappa shape index (κ3) is 5.66. The number of amides is 1. The molecule has 0 N–H and O–H groups in total. The lowest BCUT2D eigenvalue weighted by molar-refractivity contribution is -0.132. The van der Waals surface area contributed by atoms with Gasteiger partial charge in [-0.2, -0.15) is 0 Å². The van der Waals surface area contributed by atoms with Gasteiger partial charge in [-0.25, -0.2) is 8.78 Å². The van der Waals surface area contributed by atoms with Crippen molar-refractivity contribution in [2.24, 2.45) is 0 Å². The molecule has 4 nitrogen and oxygen atoms in total. The van der Waals surface area contributed by atoms with E-state index in [2.05, 4.69) is 4.90 Å². The lowest BCUT2D eigenvalue weighted by Crippen LogP contribution is -2.50. The fourth-order valence-corrected chi connectivity index (χ4v) is 4.76. The highest BCUT2D eigenvalue weighted by Gasteiger charge is 2.30. The zero-order valence-electron chi connectivity index (χ0n) is 18.7. The van der Waals surface area contributed by atoms with E-state index in [4.69, 9.17) is 4.74 Å². The van der Waals surface area contributed by atoms with Crippen LogP contribution in [0.25, 0.3) is 0 Å². The molecule has 2 saturated heterocycles. The molecule has 0 unspecified atom stereocenters. The lowest BCUT2D eigenvalue weighted by Gasteiger charge is -2.41. The Morgan fingerprint density at radius 2 is 1.69 bits per heavy atom. The predicted molar refractivity (Wildman–Crippen MR) is 121 cm³/mol. The first-order valence-corrected chi connectivity index (χ1v) is 11.7. The predicted octanol–water partition coefficient (Wildman–Crippen LogP) is 4.74. The maximum absolute atomic E-state index is 13.8. The van der Waals surface area contributed by atoms with Crippen LogP contribution >= 0.6 is 0 Å². The minimum Gasteiger partial charge on any atom is -0.487 e. The van der Waals surface area contributed by atoms with E-state index in [0.717, 1.165) is 57.4 Å². The van der Waals surface area contributed by atoms with E-state index in [1.54, 1.807) is 31.2 Å². The molecule has 0 radical (unpaired) electrons. The van der Waals surface area contributed by atoms with Crippen molar-refractivity contribution >= 4 is 5.91 Å². The lowest BCUT2D eigenvalue weighted by atomic mass is 9.98. The molecule has 2 aromatic carbocycles. The number of aryl methyl sites for hydroxylation is 2. The molecule has 6 heteroatoms. The van der Waals surface area contributed by atoms with Gasteiger partial charge in [0.15, 0.2) is 11.6 Å². The number of hydrogen-bond acceptors (Lipinski definition) is 3. The summed E-state index contributed by atoms with van der Waals surface area (Å²) < 4.78 is 33.4. The Balaban J connectivity index is 1.18. The summed E-state index contributed by atoms with van der Waals surface area (Å²) in [6.45, 7) is 5.18. The normalized spacial score (nSPS) is 18.7. The number of carbonyl (C=O) groups is 1. The van der Waals surface area contributed by atoms with Gasteiger partial charge in [-0.15, -0.1) is 0 Å². The highest BCUT2D eigenvalue weighted by atomic mass is 19.1. The average molecular weight is 443 g/mol. The van der Waals surface area contributed by atoms with Crippen molar-refractivity contribution in [3.05, 3.63) is 65.2 Å². The van der Waals surface area contributed by atoms with Gasteiger partial charge in [0.25, 0.3) is 0 Å². The van der Waals surface area contributed by atoms with E-state index < -0.39 is 0 Å². The largest absolute Gasteiger partial charge is 0.487 e. The molecule has 0 spiro atoms. The Kier molecular flexibility index (Phi) is 7.40. The number of likely N-dealkylation sites (tertiary alicyclic amines) is 2. The number of benzene rings is 2. The van der Waals surface area contributed by atoms with Crippen LogP contribution in [0.4, 0.5) is 8.78 Å². The zero-order chi connectivity index (χ0) is 22.5. The van der Waals surface area contributed by atoms with E-state index in [1.165, 1.54) is 12.1 Å². The van der Waals surface area contributed by atoms with Crippen LogP contribution in [0, 0.1) is 18.6 Å². The summed E-state index contributed by atoms with van der Waals surface area (Å²) >= 11 is 0. The van der Waals surface area contributed by atoms with Crippen LogP contribution < -0.4 is 4.74 Å². The third-order valence-electron chi connectivity index (χ3n) is 6.80. The smallest absolute Gasteiger partial charge is 0.222 e. The van der Waals surface area contributed by atoms with Gasteiger partial charge in [-0.05, 0) is 68.4 Å². The summed E-state index contributed by atoms with van der Waals surface area (Å²) in [5.41, 5.74) is 1.50. The highest BCUT2D eigenvalue weighted by Crippen LogP contribution is 2.25. The van der Waals surface area contributed by atoms with Gasteiger partial charge in [-0.3, -0.25) is 9.69 Å². The van der Waals surface area contributed by atoms with Crippen LogP contribution in [-0.2, 0) is 11.2 Å². The minimum atomic E-state index is -0.306. The third-order valence-corrected chi connectivity index (χ3v) is 6.80. The number of para-hydroxylation sites is 1. The van der Waals surface area contributed by atoms with Crippen molar-refractivity contribution in [1.82, 2.24) is 9.80 Å². The van der Waals surface area contributed by atoms with Crippen LogP contribution in [-0.4, -0.2) is 54.0 Å². The van der Waals surface area contributed by atoms with Crippen molar-refractivity contribution in [2.45, 2.75) is 57.6 Å². The van der Waals surface area contributed by atoms with Crippen molar-refractivity contribution < 1.29 is 18.3 Å². The number of rotatable bonds is 6. The SMILES string of the molecule is Cc1ccc(CCC(=O)N2CCC(N3CCC(Oc4ccccc4F)CC3)CC2)cc1F. The summed E-state index contributed by atoms with van der Waals surface area (Å²) in [4.78, 5) is 17.1. The molecule has 2 heterocycles. The molecule has 32 heavy (non-hydrogen) atoms. The summed E-state index contributed by atoms with van der Waals surface area (Å²) in [6, 6.07) is 12.3.